The molecule has 1 aliphatic rings. The monoisotopic (exact) mass is 374 g/mol. The summed E-state index contributed by atoms with van der Waals surface area (Å²) in [5.41, 5.74) is 1.90. The molecule has 1 aromatic rings. The molecule has 2 rings (SSSR count). The van der Waals surface area contributed by atoms with Crippen LogP contribution in [0.2, 0.25) is 0 Å². The lowest BCUT2D eigenvalue weighted by molar-refractivity contribution is 0.476. The Labute approximate surface area is 135 Å². The molecule has 0 heterocycles. The van der Waals surface area contributed by atoms with Crippen LogP contribution in [0.15, 0.2) is 21.5 Å². The summed E-state index contributed by atoms with van der Waals surface area (Å²) in [5, 5.41) is 3.06. The number of aryl methyl sites for hydroxylation is 1. The third-order valence-electron chi connectivity index (χ3n) is 4.12. The van der Waals surface area contributed by atoms with Gasteiger partial charge in [-0.2, -0.15) is 0 Å². The molecule has 1 fully saturated rings. The first-order valence-corrected chi connectivity index (χ1v) is 9.58. The average molecular weight is 375 g/mol. The molecule has 1 saturated carbocycles. The molecule has 0 spiro atoms. The lowest BCUT2D eigenvalue weighted by Gasteiger charge is -2.19. The third-order valence-corrected chi connectivity index (χ3v) is 6.95. The predicted octanol–water partition coefficient (Wildman–Crippen LogP) is 2.94. The second-order valence-corrected chi connectivity index (χ2v) is 8.37. The van der Waals surface area contributed by atoms with E-state index in [0.29, 0.717) is 21.8 Å². The van der Waals surface area contributed by atoms with Crippen LogP contribution in [0.4, 0.5) is 0 Å². The van der Waals surface area contributed by atoms with E-state index in [9.17, 15) is 8.42 Å². The van der Waals surface area contributed by atoms with Crippen molar-refractivity contribution in [1.82, 2.24) is 10.0 Å². The van der Waals surface area contributed by atoms with Crippen LogP contribution in [-0.2, 0) is 16.6 Å². The number of nitrogens with one attached hydrogen (secondary N) is 2. The Kier molecular flexibility index (Phi) is 5.46. The van der Waals surface area contributed by atoms with E-state index in [1.54, 1.807) is 6.07 Å². The summed E-state index contributed by atoms with van der Waals surface area (Å²) in [4.78, 5) is 0.340. The minimum absolute atomic E-state index is 0.0511. The quantitative estimate of drug-likeness (QED) is 0.832. The Balaban J connectivity index is 2.34. The number of halogens is 1. The number of hydrogen-bond acceptors (Lipinski definition) is 3. The molecule has 0 aliphatic heterocycles. The number of hydrogen-bond donors (Lipinski definition) is 2. The first-order chi connectivity index (χ1) is 9.85. The molecule has 0 saturated heterocycles. The van der Waals surface area contributed by atoms with Gasteiger partial charge in [-0.3, -0.25) is 0 Å². The Bertz CT molecular complexity index is 616. The summed E-state index contributed by atoms with van der Waals surface area (Å²) in [6.45, 7) is 4.68. The highest BCUT2D eigenvalue weighted by Crippen LogP contribution is 2.30. The van der Waals surface area contributed by atoms with Gasteiger partial charge in [0.25, 0.3) is 0 Å². The largest absolute Gasteiger partial charge is 0.316 e. The fraction of sp³-hybridized carbons (Fsp3) is 0.600. The summed E-state index contributed by atoms with van der Waals surface area (Å²) in [6, 6.07) is 3.79. The number of benzene rings is 1. The van der Waals surface area contributed by atoms with Crippen LogP contribution in [-0.4, -0.2) is 21.5 Å². The molecular formula is C15H23BrN2O2S. The minimum atomic E-state index is -3.50. The fourth-order valence-corrected chi connectivity index (χ4v) is 5.34. The molecule has 2 atom stereocenters. The molecule has 1 aliphatic carbocycles. The van der Waals surface area contributed by atoms with Crippen LogP contribution >= 0.6 is 15.9 Å². The van der Waals surface area contributed by atoms with Gasteiger partial charge in [-0.25, -0.2) is 13.1 Å². The van der Waals surface area contributed by atoms with Crippen LogP contribution in [0.1, 0.15) is 37.3 Å². The standard InChI is InChI=1S/C15H23BrN2O2S/c1-10-5-4-6-13(10)18-21(19,20)14-8-12(9-17-3)7-11(2)15(14)16/h7-8,10,13,17-18H,4-6,9H2,1-3H3. The molecule has 2 N–H and O–H groups in total. The highest BCUT2D eigenvalue weighted by molar-refractivity contribution is 9.10. The van der Waals surface area contributed by atoms with E-state index in [0.717, 1.165) is 30.4 Å². The van der Waals surface area contributed by atoms with E-state index in [1.165, 1.54) is 0 Å². The first kappa shape index (κ1) is 16.9. The maximum atomic E-state index is 12.7. The zero-order chi connectivity index (χ0) is 15.6. The Morgan fingerprint density at radius 2 is 2.05 bits per heavy atom. The van der Waals surface area contributed by atoms with Crippen molar-refractivity contribution in [3.05, 3.63) is 27.7 Å². The molecule has 0 radical (unpaired) electrons. The summed E-state index contributed by atoms with van der Waals surface area (Å²) in [7, 11) is -1.64. The van der Waals surface area contributed by atoms with Crippen LogP contribution in [0, 0.1) is 12.8 Å². The molecule has 21 heavy (non-hydrogen) atoms. The van der Waals surface area contributed by atoms with Gasteiger partial charge in [-0.05, 0) is 65.9 Å². The molecule has 0 amide bonds. The lowest BCUT2D eigenvalue weighted by atomic mass is 10.1. The van der Waals surface area contributed by atoms with Gasteiger partial charge in [0.1, 0.15) is 0 Å². The van der Waals surface area contributed by atoms with E-state index in [-0.39, 0.29) is 6.04 Å². The molecule has 0 bridgehead atoms. The molecule has 118 valence electrons. The van der Waals surface area contributed by atoms with Crippen molar-refractivity contribution in [2.24, 2.45) is 5.92 Å². The minimum Gasteiger partial charge on any atom is -0.316 e. The van der Waals surface area contributed by atoms with Crippen molar-refractivity contribution in [3.8, 4) is 0 Å². The van der Waals surface area contributed by atoms with Crippen molar-refractivity contribution in [1.29, 1.82) is 0 Å². The molecule has 2 unspecified atom stereocenters. The van der Waals surface area contributed by atoms with E-state index in [1.807, 2.05) is 20.0 Å². The SMILES string of the molecule is CNCc1cc(C)c(Br)c(S(=O)(=O)NC2CCCC2C)c1. The van der Waals surface area contributed by atoms with Crippen LogP contribution in [0.3, 0.4) is 0 Å². The zero-order valence-electron chi connectivity index (χ0n) is 12.7. The van der Waals surface area contributed by atoms with Gasteiger partial charge in [-0.15, -0.1) is 0 Å². The average Bonchev–Trinajstić information content (AvgIpc) is 2.79. The van der Waals surface area contributed by atoms with Gasteiger partial charge < -0.3 is 5.32 Å². The van der Waals surface area contributed by atoms with Crippen molar-refractivity contribution in [2.75, 3.05) is 7.05 Å². The van der Waals surface area contributed by atoms with Crippen LogP contribution < -0.4 is 10.0 Å². The molecule has 6 heteroatoms. The van der Waals surface area contributed by atoms with E-state index in [4.69, 9.17) is 0 Å². The van der Waals surface area contributed by atoms with E-state index in [2.05, 4.69) is 32.9 Å². The molecule has 1 aromatic carbocycles. The van der Waals surface area contributed by atoms with Gasteiger partial charge in [0.15, 0.2) is 0 Å². The van der Waals surface area contributed by atoms with E-state index < -0.39 is 10.0 Å². The van der Waals surface area contributed by atoms with Gasteiger partial charge in [-0.1, -0.05) is 19.4 Å². The Hall–Kier alpha value is -0.430. The normalized spacial score (nSPS) is 22.7. The van der Waals surface area contributed by atoms with Crippen molar-refractivity contribution in [2.45, 2.75) is 50.6 Å². The number of rotatable bonds is 5. The predicted molar refractivity (Wildman–Crippen MR) is 88.8 cm³/mol. The van der Waals surface area contributed by atoms with E-state index >= 15 is 0 Å². The van der Waals surface area contributed by atoms with Crippen LogP contribution in [0.5, 0.6) is 0 Å². The topological polar surface area (TPSA) is 58.2 Å². The highest BCUT2D eigenvalue weighted by Gasteiger charge is 2.29. The van der Waals surface area contributed by atoms with Gasteiger partial charge >= 0.3 is 0 Å². The summed E-state index contributed by atoms with van der Waals surface area (Å²) in [5.74, 6) is 0.403. The van der Waals surface area contributed by atoms with Crippen molar-refractivity contribution in [3.63, 3.8) is 0 Å². The van der Waals surface area contributed by atoms with Crippen molar-refractivity contribution < 1.29 is 8.42 Å². The molecule has 4 nitrogen and oxygen atoms in total. The lowest BCUT2D eigenvalue weighted by Crippen LogP contribution is -2.36. The second-order valence-electron chi connectivity index (χ2n) is 5.89. The smallest absolute Gasteiger partial charge is 0.241 e. The Morgan fingerprint density at radius 1 is 1.33 bits per heavy atom. The van der Waals surface area contributed by atoms with Crippen molar-refractivity contribution >= 4 is 26.0 Å². The second kappa shape index (κ2) is 6.77. The van der Waals surface area contributed by atoms with Gasteiger partial charge in [0.05, 0.1) is 4.90 Å². The molecule has 0 aromatic heterocycles. The fourth-order valence-electron chi connectivity index (χ4n) is 2.89. The summed E-state index contributed by atoms with van der Waals surface area (Å²) < 4.78 is 28.9. The van der Waals surface area contributed by atoms with Crippen LogP contribution in [0.25, 0.3) is 0 Å². The maximum Gasteiger partial charge on any atom is 0.241 e. The highest BCUT2D eigenvalue weighted by atomic mass is 79.9. The Morgan fingerprint density at radius 3 is 2.62 bits per heavy atom. The zero-order valence-corrected chi connectivity index (χ0v) is 15.1. The van der Waals surface area contributed by atoms with Gasteiger partial charge in [0.2, 0.25) is 10.0 Å². The first-order valence-electron chi connectivity index (χ1n) is 7.31. The maximum absolute atomic E-state index is 12.7. The molecular weight excluding hydrogens is 352 g/mol. The summed E-state index contributed by atoms with van der Waals surface area (Å²) >= 11 is 3.43. The third kappa shape index (κ3) is 3.86. The number of sulfonamides is 1. The van der Waals surface area contributed by atoms with Gasteiger partial charge in [0, 0.05) is 17.1 Å². The summed E-state index contributed by atoms with van der Waals surface area (Å²) in [6.07, 6.45) is 3.11.